The van der Waals surface area contributed by atoms with Crippen molar-refractivity contribution in [2.75, 3.05) is 13.1 Å². The monoisotopic (exact) mass is 416 g/mol. The minimum atomic E-state index is 0.211. The molecule has 1 aliphatic rings. The van der Waals surface area contributed by atoms with Gasteiger partial charge in [0.25, 0.3) is 0 Å². The number of hydrogen-bond acceptors (Lipinski definition) is 4. The van der Waals surface area contributed by atoms with Crippen LogP contribution in [0.1, 0.15) is 36.0 Å². The zero-order chi connectivity index (χ0) is 20.3. The number of fused-ring (bicyclic) bond motifs is 1. The normalized spacial score (nSPS) is 16.8. The number of benzene rings is 2. The van der Waals surface area contributed by atoms with Crippen LogP contribution in [0, 0.1) is 0 Å². The van der Waals surface area contributed by atoms with Crippen LogP contribution in [0.4, 0.5) is 0 Å². The molecule has 3 heterocycles. The third kappa shape index (κ3) is 3.75. The molecule has 1 fully saturated rings. The van der Waals surface area contributed by atoms with Gasteiger partial charge in [-0.15, -0.1) is 11.3 Å². The summed E-state index contributed by atoms with van der Waals surface area (Å²) in [4.78, 5) is 24.3. The summed E-state index contributed by atoms with van der Waals surface area (Å²) in [7, 11) is 0. The van der Waals surface area contributed by atoms with Crippen molar-refractivity contribution in [2.24, 2.45) is 0 Å². The molecule has 0 bridgehead atoms. The van der Waals surface area contributed by atoms with Crippen LogP contribution in [-0.4, -0.2) is 38.4 Å². The van der Waals surface area contributed by atoms with E-state index in [1.165, 1.54) is 0 Å². The summed E-state index contributed by atoms with van der Waals surface area (Å²) >= 11 is 1.69. The molecule has 5 rings (SSSR count). The molecule has 0 radical (unpaired) electrons. The number of amides is 1. The lowest BCUT2D eigenvalue weighted by Gasteiger charge is -2.32. The molecule has 1 saturated heterocycles. The molecule has 2 aromatic heterocycles. The molecule has 1 atom stereocenters. The maximum Gasteiger partial charge on any atom is 0.223 e. The van der Waals surface area contributed by atoms with E-state index in [1.54, 1.807) is 11.3 Å². The van der Waals surface area contributed by atoms with E-state index in [0.29, 0.717) is 18.8 Å². The van der Waals surface area contributed by atoms with Crippen molar-refractivity contribution < 1.29 is 4.79 Å². The van der Waals surface area contributed by atoms with Gasteiger partial charge in [0.2, 0.25) is 5.91 Å². The molecule has 1 aliphatic heterocycles. The Morgan fingerprint density at radius 3 is 2.77 bits per heavy atom. The first-order valence-corrected chi connectivity index (χ1v) is 11.4. The fourth-order valence-corrected chi connectivity index (χ4v) is 5.09. The van der Waals surface area contributed by atoms with Crippen molar-refractivity contribution in [2.45, 2.75) is 31.6 Å². The summed E-state index contributed by atoms with van der Waals surface area (Å²) < 4.78 is 2.18. The van der Waals surface area contributed by atoms with Crippen LogP contribution in [0.15, 0.2) is 66.2 Å². The Labute approximate surface area is 180 Å². The molecule has 6 heteroatoms. The minimum Gasteiger partial charge on any atom is -0.342 e. The number of thiazole rings is 1. The van der Waals surface area contributed by atoms with Crippen LogP contribution in [0.2, 0.25) is 0 Å². The number of aryl methyl sites for hydroxylation is 1. The number of rotatable bonds is 5. The van der Waals surface area contributed by atoms with Gasteiger partial charge in [0.1, 0.15) is 5.82 Å². The number of aromatic nitrogens is 3. The molecule has 0 saturated carbocycles. The number of hydrogen-bond donors (Lipinski definition) is 0. The predicted molar refractivity (Wildman–Crippen MR) is 120 cm³/mol. The molecule has 1 unspecified atom stereocenters. The van der Waals surface area contributed by atoms with E-state index >= 15 is 0 Å². The fraction of sp³-hybridized carbons (Fsp3) is 0.292. The second-order valence-corrected chi connectivity index (χ2v) is 8.66. The van der Waals surface area contributed by atoms with Crippen LogP contribution in [0.25, 0.3) is 16.7 Å². The molecule has 4 aromatic rings. The quantitative estimate of drug-likeness (QED) is 0.469. The highest BCUT2D eigenvalue weighted by atomic mass is 32.1. The van der Waals surface area contributed by atoms with Crippen molar-refractivity contribution in [1.82, 2.24) is 19.4 Å². The predicted octanol–water partition coefficient (Wildman–Crippen LogP) is 4.82. The van der Waals surface area contributed by atoms with E-state index in [0.717, 1.165) is 53.5 Å². The van der Waals surface area contributed by atoms with Crippen molar-refractivity contribution in [3.63, 3.8) is 0 Å². The van der Waals surface area contributed by atoms with Crippen molar-refractivity contribution in [3.8, 4) is 5.69 Å². The highest BCUT2D eigenvalue weighted by molar-refractivity contribution is 7.09. The van der Waals surface area contributed by atoms with Gasteiger partial charge in [-0.2, -0.15) is 0 Å². The van der Waals surface area contributed by atoms with Crippen LogP contribution >= 0.6 is 11.3 Å². The third-order valence-corrected chi connectivity index (χ3v) is 6.72. The van der Waals surface area contributed by atoms with E-state index in [9.17, 15) is 4.79 Å². The number of carbonyl (C=O) groups is 1. The van der Waals surface area contributed by atoms with Gasteiger partial charge < -0.3 is 4.90 Å². The molecule has 152 valence electrons. The Bertz CT molecular complexity index is 1140. The number of likely N-dealkylation sites (tertiary alicyclic amines) is 1. The van der Waals surface area contributed by atoms with Crippen LogP contribution < -0.4 is 0 Å². The van der Waals surface area contributed by atoms with Gasteiger partial charge in [-0.1, -0.05) is 30.3 Å². The number of para-hydroxylation sites is 3. The summed E-state index contributed by atoms with van der Waals surface area (Å²) in [6, 6.07) is 18.4. The average Bonchev–Trinajstić information content (AvgIpc) is 3.46. The Kier molecular flexibility index (Phi) is 5.32. The molecular weight excluding hydrogens is 392 g/mol. The lowest BCUT2D eigenvalue weighted by molar-refractivity contribution is -0.132. The number of piperidine rings is 1. The number of imidazole rings is 1. The molecule has 2 aromatic carbocycles. The molecule has 0 N–H and O–H groups in total. The van der Waals surface area contributed by atoms with E-state index in [-0.39, 0.29) is 5.91 Å². The summed E-state index contributed by atoms with van der Waals surface area (Å²) in [6.45, 7) is 1.62. The Morgan fingerprint density at radius 2 is 1.93 bits per heavy atom. The zero-order valence-corrected chi connectivity index (χ0v) is 17.6. The number of carbonyl (C=O) groups excluding carboxylic acids is 1. The van der Waals surface area contributed by atoms with E-state index in [2.05, 4.69) is 27.8 Å². The van der Waals surface area contributed by atoms with Gasteiger partial charge in [0, 0.05) is 49.1 Å². The van der Waals surface area contributed by atoms with Gasteiger partial charge in [0.05, 0.1) is 16.0 Å². The largest absolute Gasteiger partial charge is 0.342 e. The first-order chi connectivity index (χ1) is 14.8. The SMILES string of the molecule is O=C(CCc1nc2ccccc2n1-c1ccccc1)N1CCCC(c2nccs2)C1. The van der Waals surface area contributed by atoms with Gasteiger partial charge >= 0.3 is 0 Å². The average molecular weight is 417 g/mol. The van der Waals surface area contributed by atoms with E-state index < -0.39 is 0 Å². The molecule has 1 amide bonds. The molecule has 0 aliphatic carbocycles. The van der Waals surface area contributed by atoms with Crippen molar-refractivity contribution in [1.29, 1.82) is 0 Å². The maximum atomic E-state index is 13.0. The van der Waals surface area contributed by atoms with Crippen LogP contribution in [-0.2, 0) is 11.2 Å². The van der Waals surface area contributed by atoms with Crippen molar-refractivity contribution in [3.05, 3.63) is 77.0 Å². The first-order valence-electron chi connectivity index (χ1n) is 10.5. The van der Waals surface area contributed by atoms with Gasteiger partial charge in [-0.3, -0.25) is 9.36 Å². The lowest BCUT2D eigenvalue weighted by Crippen LogP contribution is -2.39. The van der Waals surface area contributed by atoms with Gasteiger partial charge in [0.15, 0.2) is 0 Å². The molecule has 5 nitrogen and oxygen atoms in total. The fourth-order valence-electron chi connectivity index (χ4n) is 4.33. The highest BCUT2D eigenvalue weighted by Gasteiger charge is 2.26. The Balaban J connectivity index is 1.34. The van der Waals surface area contributed by atoms with E-state index in [1.807, 2.05) is 52.9 Å². The highest BCUT2D eigenvalue weighted by Crippen LogP contribution is 2.29. The van der Waals surface area contributed by atoms with Gasteiger partial charge in [-0.05, 0) is 37.1 Å². The van der Waals surface area contributed by atoms with E-state index in [4.69, 9.17) is 4.98 Å². The van der Waals surface area contributed by atoms with Crippen LogP contribution in [0.3, 0.4) is 0 Å². The second kappa shape index (κ2) is 8.40. The molecular formula is C24H24N4OS. The zero-order valence-electron chi connectivity index (χ0n) is 16.8. The molecule has 30 heavy (non-hydrogen) atoms. The third-order valence-electron chi connectivity index (χ3n) is 5.78. The van der Waals surface area contributed by atoms with Crippen LogP contribution in [0.5, 0.6) is 0 Å². The van der Waals surface area contributed by atoms with Crippen molar-refractivity contribution >= 4 is 28.3 Å². The lowest BCUT2D eigenvalue weighted by atomic mass is 9.98. The van der Waals surface area contributed by atoms with Gasteiger partial charge in [-0.25, -0.2) is 9.97 Å². The molecule has 0 spiro atoms. The maximum absolute atomic E-state index is 13.0. The standard InChI is InChI=1S/C24H24N4OS/c29-23(27-15-6-7-18(17-27)24-25-14-16-30-24)13-12-22-26-20-10-4-5-11-21(20)28(22)19-8-2-1-3-9-19/h1-5,8-11,14,16,18H,6-7,12-13,15,17H2. The minimum absolute atomic E-state index is 0.211. The summed E-state index contributed by atoms with van der Waals surface area (Å²) in [5, 5.41) is 3.17. The summed E-state index contributed by atoms with van der Waals surface area (Å²) in [5.74, 6) is 1.52. The smallest absolute Gasteiger partial charge is 0.223 e. The second-order valence-electron chi connectivity index (χ2n) is 7.74. The Morgan fingerprint density at radius 1 is 1.10 bits per heavy atom. The summed E-state index contributed by atoms with van der Waals surface area (Å²) in [6.07, 6.45) is 5.11. The first kappa shape index (κ1) is 19.0. The topological polar surface area (TPSA) is 51.0 Å². The number of nitrogens with zero attached hydrogens (tertiary/aromatic N) is 4. The Hall–Kier alpha value is -2.99. The summed E-state index contributed by atoms with van der Waals surface area (Å²) in [5.41, 5.74) is 3.12.